The Bertz CT molecular complexity index is 838. The van der Waals surface area contributed by atoms with Gasteiger partial charge in [0.2, 0.25) is 0 Å². The minimum Gasteiger partial charge on any atom is -0.458 e. The van der Waals surface area contributed by atoms with Gasteiger partial charge in [-0.3, -0.25) is 0 Å². The molecule has 0 unspecified atom stereocenters. The average Bonchev–Trinajstić information content (AvgIpc) is 2.62. The fourth-order valence-corrected chi connectivity index (χ4v) is 115. The van der Waals surface area contributed by atoms with E-state index in [-0.39, 0.29) is 0 Å². The van der Waals surface area contributed by atoms with Gasteiger partial charge in [-0.25, -0.2) is 4.79 Å². The van der Waals surface area contributed by atoms with Crippen molar-refractivity contribution >= 4 is 61.2 Å². The number of carbonyl (C=O) groups excluding carboxylic acids is 1. The van der Waals surface area contributed by atoms with Gasteiger partial charge in [-0.15, -0.1) is 0 Å². The molecule has 1 N–H and O–H groups in total. The van der Waals surface area contributed by atoms with E-state index >= 15 is 0 Å². The first-order valence-corrected chi connectivity index (χ1v) is 38.1. The molecule has 0 aliphatic carbocycles. The van der Waals surface area contributed by atoms with Crippen LogP contribution >= 0.6 is 0 Å². The summed E-state index contributed by atoms with van der Waals surface area (Å²) < 4.78 is 27.4. The zero-order valence-electron chi connectivity index (χ0n) is 27.0. The number of para-hydroxylation sites is 1. The zero-order chi connectivity index (χ0) is 29.8. The summed E-state index contributed by atoms with van der Waals surface area (Å²) in [6.07, 6.45) is 0.488. The summed E-state index contributed by atoms with van der Waals surface area (Å²) in [6, 6.07) is 10.3. The van der Waals surface area contributed by atoms with Crippen molar-refractivity contribution in [3.05, 3.63) is 30.3 Å². The fourth-order valence-electron chi connectivity index (χ4n) is 6.81. The van der Waals surface area contributed by atoms with Crippen LogP contribution < -0.4 is 10.1 Å². The molecule has 13 heteroatoms. The van der Waals surface area contributed by atoms with Crippen LogP contribution in [-0.4, -0.2) is 67.7 Å². The molecule has 38 heavy (non-hydrogen) atoms. The lowest BCUT2D eigenvalue weighted by Crippen LogP contribution is -2.89. The van der Waals surface area contributed by atoms with Crippen LogP contribution in [0.15, 0.2) is 30.3 Å². The van der Waals surface area contributed by atoms with E-state index in [4.69, 9.17) is 17.1 Å². The number of hydrogen-bond acceptors (Lipinski definition) is 5. The SMILES string of the molecule is C[Si](C)(C)O[Si](C)(C)[Si](CCCNC(=O)Oc1ccccc1)([Si](C)(C)O[Si](C)(C)C)[Si](C)(C)O[Si](C)(C)C. The molecule has 1 aromatic rings. The highest BCUT2D eigenvalue weighted by molar-refractivity contribution is 7.88. The molecule has 0 spiro atoms. The summed E-state index contributed by atoms with van der Waals surface area (Å²) in [7, 11) is -12.2. The second kappa shape index (κ2) is 12.8. The normalized spacial score (nSPS) is 14.4. The third kappa shape index (κ3) is 10.4. The van der Waals surface area contributed by atoms with E-state index in [1.807, 2.05) is 18.2 Å². The van der Waals surface area contributed by atoms with E-state index in [0.29, 0.717) is 12.3 Å². The van der Waals surface area contributed by atoms with E-state index in [0.717, 1.165) is 12.5 Å². The zero-order valence-corrected chi connectivity index (χ0v) is 34.0. The van der Waals surface area contributed by atoms with Gasteiger partial charge in [-0.2, -0.15) is 0 Å². The average molecular weight is 648 g/mol. The van der Waals surface area contributed by atoms with Gasteiger partial charge in [0.1, 0.15) is 12.4 Å². The van der Waals surface area contributed by atoms with Crippen LogP contribution in [0.1, 0.15) is 6.42 Å². The number of ether oxygens (including phenoxy) is 1. The molecule has 0 heterocycles. The molecule has 1 rings (SSSR count). The Labute approximate surface area is 240 Å². The molecule has 0 saturated carbocycles. The van der Waals surface area contributed by atoms with Gasteiger partial charge >= 0.3 is 6.09 Å². The molecular weight excluding hydrogens is 591 g/mol. The van der Waals surface area contributed by atoms with Crippen LogP contribution in [0.5, 0.6) is 5.75 Å². The number of nitrogens with one attached hydrogen (secondary N) is 1. The predicted molar refractivity (Wildman–Crippen MR) is 181 cm³/mol. The Morgan fingerprint density at radius 3 is 1.34 bits per heavy atom. The van der Waals surface area contributed by atoms with Gasteiger partial charge in [0.15, 0.2) is 48.5 Å². The molecule has 0 atom stereocenters. The molecule has 0 aromatic heterocycles. The maximum atomic E-state index is 12.5. The van der Waals surface area contributed by atoms with Crippen molar-refractivity contribution in [1.82, 2.24) is 5.32 Å². The van der Waals surface area contributed by atoms with Crippen LogP contribution in [0.3, 0.4) is 0 Å². The van der Waals surface area contributed by atoms with Gasteiger partial charge in [-0.1, -0.05) is 24.2 Å². The topological polar surface area (TPSA) is 66.0 Å². The quantitative estimate of drug-likeness (QED) is 0.164. The largest absolute Gasteiger partial charge is 0.458 e. The number of hydrogen-bond donors (Lipinski definition) is 1. The lowest BCUT2D eigenvalue weighted by atomic mass is 10.3. The van der Waals surface area contributed by atoms with Crippen molar-refractivity contribution in [2.75, 3.05) is 6.54 Å². The third-order valence-electron chi connectivity index (χ3n) is 6.72. The van der Waals surface area contributed by atoms with Crippen LogP contribution in [0.4, 0.5) is 4.79 Å². The van der Waals surface area contributed by atoms with Crippen molar-refractivity contribution in [3.63, 3.8) is 0 Å². The van der Waals surface area contributed by atoms with E-state index in [2.05, 4.69) is 104 Å². The number of rotatable bonds is 14. The van der Waals surface area contributed by atoms with E-state index in [1.165, 1.54) is 0 Å². The van der Waals surface area contributed by atoms with Gasteiger partial charge < -0.3 is 22.4 Å². The van der Waals surface area contributed by atoms with Gasteiger partial charge in [0.25, 0.3) is 0 Å². The monoisotopic (exact) mass is 647 g/mol. The first kappa shape index (κ1) is 35.9. The molecule has 1 aromatic carbocycles. The molecular formula is C25H57NO5Si7. The lowest BCUT2D eigenvalue weighted by Gasteiger charge is -2.61. The second-order valence-electron chi connectivity index (χ2n) is 14.8. The van der Waals surface area contributed by atoms with Crippen LogP contribution in [-0.2, 0) is 12.3 Å². The summed E-state index contributed by atoms with van der Waals surface area (Å²) in [5, 5.41) is 3.01. The Hall–Kier alpha value is -0.112. The van der Waals surface area contributed by atoms with Crippen molar-refractivity contribution in [2.45, 2.75) is 111 Å². The summed E-state index contributed by atoms with van der Waals surface area (Å²) in [5.74, 6) is 0.556. The van der Waals surface area contributed by atoms with Gasteiger partial charge in [-0.05, 0) is 117 Å². The highest BCUT2D eigenvalue weighted by Crippen LogP contribution is 2.45. The number of carbonyl (C=O) groups is 1. The number of amides is 1. The van der Waals surface area contributed by atoms with Crippen molar-refractivity contribution in [1.29, 1.82) is 0 Å². The predicted octanol–water partition coefficient (Wildman–Crippen LogP) is 8.02. The standard InChI is InChI=1S/C25H57NO5Si7/c1-32(2,3)29-35(10,11)38(36(12,13)30-33(4,5)6,37(14,15)31-34(7,8)9)23-19-22-26-25(27)28-24-20-17-16-18-21-24/h16-18,20-21H,19,22-23H2,1-15H3,(H,26,27). The van der Waals surface area contributed by atoms with Crippen molar-refractivity contribution in [2.24, 2.45) is 0 Å². The first-order chi connectivity index (χ1) is 16.8. The Kier molecular flexibility index (Phi) is 12.1. The molecule has 0 aliphatic rings. The second-order valence-corrected chi connectivity index (χ2v) is 64.3. The van der Waals surface area contributed by atoms with Crippen LogP contribution in [0.25, 0.3) is 0 Å². The molecule has 0 fully saturated rings. The summed E-state index contributed by atoms with van der Waals surface area (Å²) in [6.45, 7) is 34.1. The Morgan fingerprint density at radius 2 is 1.00 bits per heavy atom. The van der Waals surface area contributed by atoms with Crippen LogP contribution in [0, 0.1) is 0 Å². The molecule has 220 valence electrons. The van der Waals surface area contributed by atoms with E-state index < -0.39 is 61.2 Å². The van der Waals surface area contributed by atoms with Crippen molar-refractivity contribution < 1.29 is 21.9 Å². The third-order valence-corrected chi connectivity index (χ3v) is 83.5. The Morgan fingerprint density at radius 1 is 0.632 bits per heavy atom. The van der Waals surface area contributed by atoms with Gasteiger partial charge in [0, 0.05) is 6.54 Å². The smallest absolute Gasteiger partial charge is 0.412 e. The summed E-state index contributed by atoms with van der Waals surface area (Å²) >= 11 is 0. The highest BCUT2D eigenvalue weighted by Gasteiger charge is 2.71. The minimum absolute atomic E-state index is 0.400. The molecule has 0 saturated heterocycles. The maximum absolute atomic E-state index is 12.5. The molecule has 6 nitrogen and oxygen atoms in total. The number of benzene rings is 1. The summed E-state index contributed by atoms with van der Waals surface area (Å²) in [4.78, 5) is 12.5. The summed E-state index contributed by atoms with van der Waals surface area (Å²) in [5.41, 5.74) is 0. The van der Waals surface area contributed by atoms with E-state index in [1.54, 1.807) is 12.1 Å². The fraction of sp³-hybridized carbons (Fsp3) is 0.720. The highest BCUT2D eigenvalue weighted by atomic mass is 29.9. The van der Waals surface area contributed by atoms with Crippen LogP contribution in [0.2, 0.25) is 104 Å². The molecule has 0 bridgehead atoms. The minimum atomic E-state index is -2.29. The molecule has 0 aliphatic heterocycles. The first-order valence-electron chi connectivity index (χ1n) is 14.0. The maximum Gasteiger partial charge on any atom is 0.412 e. The van der Waals surface area contributed by atoms with Crippen molar-refractivity contribution in [3.8, 4) is 5.75 Å². The lowest BCUT2D eigenvalue weighted by molar-refractivity contribution is 0.200. The van der Waals surface area contributed by atoms with Gasteiger partial charge in [0.05, 0.1) is 0 Å². The molecule has 1 amide bonds. The Balaban J connectivity index is 3.50. The molecule has 0 radical (unpaired) electrons. The van der Waals surface area contributed by atoms with E-state index in [9.17, 15) is 4.79 Å².